The topological polar surface area (TPSA) is 104 Å². The highest BCUT2D eigenvalue weighted by atomic mass is 16.6. The van der Waals surface area contributed by atoms with Crippen LogP contribution in [0.5, 0.6) is 0 Å². The van der Waals surface area contributed by atoms with Crippen molar-refractivity contribution in [3.05, 3.63) is 152 Å². The molecule has 0 bridgehead atoms. The second-order valence-electron chi connectivity index (χ2n) is 10.2. The van der Waals surface area contributed by atoms with Gasteiger partial charge in [0.15, 0.2) is 0 Å². The molecule has 0 aliphatic carbocycles. The quantitative estimate of drug-likeness (QED) is 0.290. The summed E-state index contributed by atoms with van der Waals surface area (Å²) in [6.07, 6.45) is 0.808. The normalized spacial score (nSPS) is 18.9. The van der Waals surface area contributed by atoms with Gasteiger partial charge >= 0.3 is 5.69 Å². The van der Waals surface area contributed by atoms with E-state index >= 15 is 0 Å². The molecule has 1 aliphatic heterocycles. The summed E-state index contributed by atoms with van der Waals surface area (Å²) in [5.41, 5.74) is 2.76. The minimum absolute atomic E-state index is 0.191. The van der Waals surface area contributed by atoms with E-state index < -0.39 is 29.2 Å². The molecule has 41 heavy (non-hydrogen) atoms. The van der Waals surface area contributed by atoms with E-state index in [4.69, 9.17) is 9.47 Å². The summed E-state index contributed by atoms with van der Waals surface area (Å²) in [7, 11) is 0. The van der Waals surface area contributed by atoms with Crippen LogP contribution in [0.2, 0.25) is 0 Å². The average Bonchev–Trinajstić information content (AvgIpc) is 3.57. The average molecular weight is 550 g/mol. The van der Waals surface area contributed by atoms with Crippen molar-refractivity contribution in [2.24, 2.45) is 0 Å². The van der Waals surface area contributed by atoms with Crippen LogP contribution in [0.25, 0.3) is 0 Å². The second kappa shape index (κ2) is 11.1. The van der Waals surface area contributed by atoms with Crippen molar-refractivity contribution in [3.8, 4) is 0 Å². The number of aryl methyl sites for hydroxylation is 1. The SMILES string of the molecule is Cc1nnn([C@H]2C[C@H](n3ccc(=O)[nH]c3=O)O[C@@H]2COC(c2ccccc2)(c2ccccc2)c2ccccc2)c1C. The van der Waals surface area contributed by atoms with E-state index in [-0.39, 0.29) is 12.6 Å². The van der Waals surface area contributed by atoms with Crippen LogP contribution < -0.4 is 11.2 Å². The fourth-order valence-electron chi connectivity index (χ4n) is 5.66. The van der Waals surface area contributed by atoms with Gasteiger partial charge in [0.05, 0.1) is 24.0 Å². The monoisotopic (exact) mass is 549 g/mol. The van der Waals surface area contributed by atoms with Crippen molar-refractivity contribution < 1.29 is 9.47 Å². The van der Waals surface area contributed by atoms with Crippen molar-refractivity contribution >= 4 is 0 Å². The maximum Gasteiger partial charge on any atom is 0.330 e. The van der Waals surface area contributed by atoms with Crippen LogP contribution >= 0.6 is 0 Å². The van der Waals surface area contributed by atoms with Crippen molar-refractivity contribution in [3.63, 3.8) is 0 Å². The van der Waals surface area contributed by atoms with Crippen LogP contribution in [0, 0.1) is 13.8 Å². The minimum atomic E-state index is -0.933. The predicted octanol–water partition coefficient (Wildman–Crippen LogP) is 4.28. The van der Waals surface area contributed by atoms with Gasteiger partial charge in [-0.2, -0.15) is 0 Å². The van der Waals surface area contributed by atoms with Crippen LogP contribution in [0.1, 0.15) is 46.8 Å². The molecule has 0 saturated carbocycles. The van der Waals surface area contributed by atoms with Crippen LogP contribution in [-0.4, -0.2) is 37.3 Å². The Bertz CT molecular complexity index is 1630. The molecule has 2 aromatic heterocycles. The van der Waals surface area contributed by atoms with Crippen LogP contribution in [0.3, 0.4) is 0 Å². The van der Waals surface area contributed by atoms with Crippen LogP contribution in [0.4, 0.5) is 0 Å². The Labute approximate surface area is 237 Å². The van der Waals surface area contributed by atoms with Crippen molar-refractivity contribution in [1.29, 1.82) is 0 Å². The molecule has 9 nitrogen and oxygen atoms in total. The number of nitrogens with zero attached hydrogens (tertiary/aromatic N) is 4. The number of hydrogen-bond donors (Lipinski definition) is 1. The molecule has 1 saturated heterocycles. The van der Waals surface area contributed by atoms with E-state index in [1.165, 1.54) is 16.8 Å². The Balaban J connectivity index is 1.43. The fourth-order valence-corrected chi connectivity index (χ4v) is 5.66. The first-order valence-electron chi connectivity index (χ1n) is 13.6. The second-order valence-corrected chi connectivity index (χ2v) is 10.2. The maximum absolute atomic E-state index is 12.7. The smallest absolute Gasteiger partial charge is 0.330 e. The van der Waals surface area contributed by atoms with Crippen molar-refractivity contribution in [1.82, 2.24) is 24.5 Å². The number of nitrogens with one attached hydrogen (secondary N) is 1. The molecule has 1 N–H and O–H groups in total. The van der Waals surface area contributed by atoms with Crippen molar-refractivity contribution in [2.75, 3.05) is 6.61 Å². The van der Waals surface area contributed by atoms with Gasteiger partial charge in [-0.1, -0.05) is 96.2 Å². The summed E-state index contributed by atoms with van der Waals surface area (Å²) < 4.78 is 16.9. The largest absolute Gasteiger partial charge is 0.358 e. The molecular weight excluding hydrogens is 518 g/mol. The van der Waals surface area contributed by atoms with E-state index in [1.807, 2.05) is 73.1 Å². The number of H-pyrrole nitrogens is 1. The van der Waals surface area contributed by atoms with Crippen LogP contribution in [0.15, 0.2) is 113 Å². The Morgan fingerprint density at radius 3 is 1.93 bits per heavy atom. The highest BCUT2D eigenvalue weighted by Crippen LogP contribution is 2.43. The van der Waals surface area contributed by atoms with Gasteiger partial charge in [-0.15, -0.1) is 5.10 Å². The van der Waals surface area contributed by atoms with Gasteiger partial charge in [-0.3, -0.25) is 14.3 Å². The summed E-state index contributed by atoms with van der Waals surface area (Å²) >= 11 is 0. The molecule has 0 radical (unpaired) electrons. The summed E-state index contributed by atoms with van der Waals surface area (Å²) in [6, 6.07) is 31.5. The Morgan fingerprint density at radius 2 is 1.44 bits per heavy atom. The lowest BCUT2D eigenvalue weighted by atomic mass is 9.80. The molecule has 3 heterocycles. The van der Waals surface area contributed by atoms with Gasteiger partial charge in [-0.05, 0) is 30.5 Å². The number of hydrogen-bond acceptors (Lipinski definition) is 6. The molecule has 6 rings (SSSR count). The van der Waals surface area contributed by atoms with Gasteiger partial charge in [0.2, 0.25) is 0 Å². The molecule has 1 fully saturated rings. The number of benzene rings is 3. The Morgan fingerprint density at radius 1 is 0.878 bits per heavy atom. The standard InChI is InChI=1S/C32H31N5O4/c1-22-23(2)37(35-34-22)27-20-30(36-19-18-29(38)33-31(36)39)41-28(27)21-40-32(24-12-6-3-7-13-24,25-14-8-4-9-15-25)26-16-10-5-11-17-26/h3-19,27-28,30H,20-21H2,1-2H3,(H,33,38,39)/t27-,28+,30+/m0/s1. The van der Waals surface area contributed by atoms with Crippen LogP contribution in [-0.2, 0) is 15.1 Å². The summed E-state index contributed by atoms with van der Waals surface area (Å²) in [5, 5.41) is 8.69. The van der Waals surface area contributed by atoms with E-state index in [9.17, 15) is 9.59 Å². The van der Waals surface area contributed by atoms with E-state index in [1.54, 1.807) is 0 Å². The maximum atomic E-state index is 12.7. The zero-order valence-electron chi connectivity index (χ0n) is 22.9. The zero-order chi connectivity index (χ0) is 28.4. The lowest BCUT2D eigenvalue weighted by Gasteiger charge is -2.37. The zero-order valence-corrected chi connectivity index (χ0v) is 22.9. The third-order valence-electron chi connectivity index (χ3n) is 7.84. The lowest BCUT2D eigenvalue weighted by molar-refractivity contribution is -0.0843. The molecule has 1 aliphatic rings. The van der Waals surface area contributed by atoms with Gasteiger partial charge in [0, 0.05) is 18.7 Å². The first-order valence-corrected chi connectivity index (χ1v) is 13.6. The number of aromatic amines is 1. The third-order valence-corrected chi connectivity index (χ3v) is 7.84. The Kier molecular flexibility index (Phi) is 7.21. The lowest BCUT2D eigenvalue weighted by Crippen LogP contribution is -2.37. The molecule has 0 amide bonds. The molecule has 208 valence electrons. The number of rotatable bonds is 8. The number of ether oxygens (including phenoxy) is 2. The Hall–Kier alpha value is -4.60. The van der Waals surface area contributed by atoms with Gasteiger partial charge in [0.1, 0.15) is 17.9 Å². The summed E-state index contributed by atoms with van der Waals surface area (Å²) in [6.45, 7) is 4.07. The fraction of sp³-hybridized carbons (Fsp3) is 0.250. The molecule has 3 atom stereocenters. The van der Waals surface area contributed by atoms with Gasteiger partial charge in [0.25, 0.3) is 5.56 Å². The van der Waals surface area contributed by atoms with Crippen molar-refractivity contribution in [2.45, 2.75) is 44.2 Å². The van der Waals surface area contributed by atoms with E-state index in [2.05, 4.69) is 51.7 Å². The molecule has 0 spiro atoms. The van der Waals surface area contributed by atoms with E-state index in [0.717, 1.165) is 28.1 Å². The minimum Gasteiger partial charge on any atom is -0.358 e. The molecule has 0 unspecified atom stereocenters. The summed E-state index contributed by atoms with van der Waals surface area (Å²) in [5.74, 6) is 0. The molecular formula is C32H31N5O4. The summed E-state index contributed by atoms with van der Waals surface area (Å²) in [4.78, 5) is 26.7. The third kappa shape index (κ3) is 4.94. The molecule has 9 heteroatoms. The number of aromatic nitrogens is 5. The first-order chi connectivity index (χ1) is 20.0. The predicted molar refractivity (Wildman–Crippen MR) is 154 cm³/mol. The van der Waals surface area contributed by atoms with Gasteiger partial charge in [-0.25, -0.2) is 9.48 Å². The van der Waals surface area contributed by atoms with E-state index in [0.29, 0.717) is 6.42 Å². The highest BCUT2D eigenvalue weighted by Gasteiger charge is 2.43. The van der Waals surface area contributed by atoms with Gasteiger partial charge < -0.3 is 9.47 Å². The highest BCUT2D eigenvalue weighted by molar-refractivity contribution is 5.47. The molecule has 3 aromatic carbocycles. The molecule has 5 aromatic rings. The first kappa shape index (κ1) is 26.6.